The Balaban J connectivity index is 1.45. The Morgan fingerprint density at radius 3 is 2.69 bits per heavy atom. The van der Waals surface area contributed by atoms with Crippen LogP contribution < -0.4 is 15.0 Å². The fourth-order valence-electron chi connectivity index (χ4n) is 3.20. The van der Waals surface area contributed by atoms with Crippen molar-refractivity contribution >= 4 is 17.4 Å². The van der Waals surface area contributed by atoms with E-state index in [1.54, 1.807) is 21.8 Å². The Kier molecular flexibility index (Phi) is 5.68. The summed E-state index contributed by atoms with van der Waals surface area (Å²) in [5.74, 6) is -1.21. The molecule has 1 N–H and O–H groups in total. The van der Waals surface area contributed by atoms with Crippen LogP contribution in [0.5, 0.6) is 5.75 Å². The molecule has 0 atom stereocenters. The van der Waals surface area contributed by atoms with Crippen molar-refractivity contribution in [2.75, 3.05) is 23.3 Å². The highest BCUT2D eigenvalue weighted by Crippen LogP contribution is 2.33. The number of nitrogens with zero attached hydrogens (tertiary/aromatic N) is 5. The van der Waals surface area contributed by atoms with E-state index >= 15 is 0 Å². The predicted molar refractivity (Wildman–Crippen MR) is 106 cm³/mol. The van der Waals surface area contributed by atoms with Crippen LogP contribution >= 0.6 is 0 Å². The molecule has 3 heterocycles. The highest BCUT2D eigenvalue weighted by Gasteiger charge is 2.35. The molecule has 8 nitrogen and oxygen atoms in total. The van der Waals surface area contributed by atoms with Gasteiger partial charge in [-0.2, -0.15) is 28.5 Å². The van der Waals surface area contributed by atoms with Crippen LogP contribution in [0.4, 0.5) is 29.1 Å². The Hall–Kier alpha value is -3.70. The molecule has 0 unspecified atom stereocenters. The third kappa shape index (κ3) is 4.63. The molecule has 1 aliphatic heterocycles. The zero-order valence-electron chi connectivity index (χ0n) is 16.8. The Bertz CT molecular complexity index is 1110. The van der Waals surface area contributed by atoms with Crippen molar-refractivity contribution in [3.05, 3.63) is 59.8 Å². The minimum atomic E-state index is -4.68. The van der Waals surface area contributed by atoms with Gasteiger partial charge in [-0.25, -0.2) is 4.39 Å². The molecule has 0 saturated carbocycles. The lowest BCUT2D eigenvalue weighted by atomic mass is 10.1. The van der Waals surface area contributed by atoms with Gasteiger partial charge in [-0.1, -0.05) is 0 Å². The Morgan fingerprint density at radius 2 is 2.03 bits per heavy atom. The van der Waals surface area contributed by atoms with Crippen LogP contribution in [0.3, 0.4) is 0 Å². The first-order valence-electron chi connectivity index (χ1n) is 9.68. The largest absolute Gasteiger partial charge is 0.487 e. The first-order chi connectivity index (χ1) is 15.2. The fraction of sp³-hybridized carbons (Fsp3) is 0.300. The topological polar surface area (TPSA) is 85.2 Å². The smallest absolute Gasteiger partial charge is 0.416 e. The molecule has 3 aromatic rings. The van der Waals surface area contributed by atoms with E-state index in [4.69, 9.17) is 4.74 Å². The molecule has 1 aromatic carbocycles. The van der Waals surface area contributed by atoms with Crippen molar-refractivity contribution in [1.29, 1.82) is 0 Å². The molecule has 12 heteroatoms. The maximum absolute atomic E-state index is 13.6. The number of rotatable bonds is 6. The lowest BCUT2D eigenvalue weighted by Gasteiger charge is -2.39. The van der Waals surface area contributed by atoms with Crippen LogP contribution in [0, 0.1) is 5.82 Å². The lowest BCUT2D eigenvalue weighted by Crippen LogP contribution is -2.54. The van der Waals surface area contributed by atoms with Gasteiger partial charge in [0.1, 0.15) is 23.2 Å². The first kappa shape index (κ1) is 21.5. The van der Waals surface area contributed by atoms with Gasteiger partial charge in [0.05, 0.1) is 36.7 Å². The number of hydrogen-bond acceptors (Lipinski definition) is 6. The number of benzene rings is 1. The van der Waals surface area contributed by atoms with Crippen molar-refractivity contribution < 1.29 is 27.1 Å². The fourth-order valence-corrected chi connectivity index (χ4v) is 3.20. The predicted octanol–water partition coefficient (Wildman–Crippen LogP) is 3.37. The molecule has 1 amide bonds. The summed E-state index contributed by atoms with van der Waals surface area (Å²) in [6.07, 6.45) is -0.699. The number of carbonyl (C=O) groups excluding carboxylic acids is 1. The second kappa shape index (κ2) is 8.44. The molecule has 1 saturated heterocycles. The highest BCUT2D eigenvalue weighted by atomic mass is 19.4. The second-order valence-corrected chi connectivity index (χ2v) is 7.13. The number of amides is 1. The zero-order chi connectivity index (χ0) is 22.9. The van der Waals surface area contributed by atoms with Crippen LogP contribution in [-0.4, -0.2) is 45.1 Å². The van der Waals surface area contributed by atoms with Crippen LogP contribution in [0.15, 0.2) is 42.9 Å². The Labute approximate surface area is 179 Å². The van der Waals surface area contributed by atoms with E-state index in [2.05, 4.69) is 20.6 Å². The second-order valence-electron chi connectivity index (χ2n) is 7.13. The van der Waals surface area contributed by atoms with Crippen LogP contribution in [0.25, 0.3) is 0 Å². The SMILES string of the molecule is CCn1cc(C(=O)Nc2ccnnc2)c(N2CC(Oc3cc(F)cc(C(F)(F)F)c3)C2)n1. The van der Waals surface area contributed by atoms with E-state index < -0.39 is 29.6 Å². The maximum atomic E-state index is 13.6. The third-order valence-electron chi connectivity index (χ3n) is 4.80. The number of ether oxygens (including phenoxy) is 1. The maximum Gasteiger partial charge on any atom is 0.416 e. The standard InChI is InChI=1S/C20H18F4N6O2/c1-2-30-11-17(19(31)27-14-3-4-25-26-8-14)18(28-30)29-9-16(10-29)32-15-6-12(20(22,23)24)5-13(21)7-15/h3-8,11,16H,2,9-10H2,1H3,(H,25,27,31). The van der Waals surface area contributed by atoms with Gasteiger partial charge in [-0.05, 0) is 25.1 Å². The van der Waals surface area contributed by atoms with Crippen LogP contribution in [0.2, 0.25) is 0 Å². The number of nitrogens with one attached hydrogen (secondary N) is 1. The van der Waals surface area contributed by atoms with Gasteiger partial charge in [0.15, 0.2) is 5.82 Å². The van der Waals surface area contributed by atoms with Gasteiger partial charge in [-0.3, -0.25) is 9.48 Å². The number of anilines is 2. The molecule has 0 spiro atoms. The summed E-state index contributed by atoms with van der Waals surface area (Å²) in [5.41, 5.74) is -0.321. The monoisotopic (exact) mass is 450 g/mol. The number of alkyl halides is 3. The highest BCUT2D eigenvalue weighted by molar-refractivity contribution is 6.07. The van der Waals surface area contributed by atoms with E-state index in [9.17, 15) is 22.4 Å². The molecule has 4 rings (SSSR count). The van der Waals surface area contributed by atoms with Crippen molar-refractivity contribution in [2.45, 2.75) is 25.7 Å². The summed E-state index contributed by atoms with van der Waals surface area (Å²) in [6, 6.07) is 3.68. The molecule has 0 aliphatic carbocycles. The van der Waals surface area contributed by atoms with Gasteiger partial charge in [0.25, 0.3) is 5.91 Å². The molecule has 0 bridgehead atoms. The molecule has 0 radical (unpaired) electrons. The van der Waals surface area contributed by atoms with Gasteiger partial charge >= 0.3 is 6.18 Å². The van der Waals surface area contributed by atoms with E-state index in [1.165, 1.54) is 12.4 Å². The van der Waals surface area contributed by atoms with Crippen molar-refractivity contribution in [3.8, 4) is 5.75 Å². The van der Waals surface area contributed by atoms with Gasteiger partial charge in [-0.15, -0.1) is 0 Å². The van der Waals surface area contributed by atoms with Crippen molar-refractivity contribution in [3.63, 3.8) is 0 Å². The molecule has 1 aliphatic rings. The first-order valence-corrected chi connectivity index (χ1v) is 9.68. The van der Waals surface area contributed by atoms with E-state index in [0.717, 1.165) is 12.1 Å². The van der Waals surface area contributed by atoms with Crippen molar-refractivity contribution in [2.24, 2.45) is 0 Å². The lowest BCUT2D eigenvalue weighted by molar-refractivity contribution is -0.137. The van der Waals surface area contributed by atoms with Crippen molar-refractivity contribution in [1.82, 2.24) is 20.0 Å². The summed E-state index contributed by atoms with van der Waals surface area (Å²) in [7, 11) is 0. The average molecular weight is 450 g/mol. The summed E-state index contributed by atoms with van der Waals surface area (Å²) in [5, 5.41) is 14.5. The number of aryl methyl sites for hydroxylation is 1. The molecular weight excluding hydrogens is 432 g/mol. The minimum Gasteiger partial charge on any atom is -0.487 e. The van der Waals surface area contributed by atoms with Gasteiger partial charge in [0, 0.05) is 18.8 Å². The average Bonchev–Trinajstić information content (AvgIpc) is 3.14. The Morgan fingerprint density at radius 1 is 1.25 bits per heavy atom. The molecule has 168 valence electrons. The summed E-state index contributed by atoms with van der Waals surface area (Å²) >= 11 is 0. The van der Waals surface area contributed by atoms with E-state index in [1.807, 2.05) is 6.92 Å². The number of aromatic nitrogens is 4. The molecule has 2 aromatic heterocycles. The van der Waals surface area contributed by atoms with E-state index in [0.29, 0.717) is 29.7 Å². The van der Waals surface area contributed by atoms with E-state index in [-0.39, 0.29) is 18.8 Å². The molecular formula is C20H18F4N6O2. The third-order valence-corrected chi connectivity index (χ3v) is 4.80. The van der Waals surface area contributed by atoms with Gasteiger partial charge < -0.3 is 15.0 Å². The molecule has 32 heavy (non-hydrogen) atoms. The molecule has 1 fully saturated rings. The normalized spacial score (nSPS) is 14.2. The quantitative estimate of drug-likeness (QED) is 0.580. The summed E-state index contributed by atoms with van der Waals surface area (Å²) < 4.78 is 59.4. The summed E-state index contributed by atoms with van der Waals surface area (Å²) in [6.45, 7) is 2.95. The zero-order valence-corrected chi connectivity index (χ0v) is 16.8. The van der Waals surface area contributed by atoms with Crippen LogP contribution in [-0.2, 0) is 12.7 Å². The number of halogens is 4. The minimum absolute atomic E-state index is 0.204. The number of carbonyl (C=O) groups is 1. The van der Waals surface area contributed by atoms with Crippen LogP contribution in [0.1, 0.15) is 22.8 Å². The number of hydrogen-bond donors (Lipinski definition) is 1. The van der Waals surface area contributed by atoms with Gasteiger partial charge in [0.2, 0.25) is 0 Å². The summed E-state index contributed by atoms with van der Waals surface area (Å²) in [4.78, 5) is 14.5.